The molecule has 3 rings (SSSR count). The first kappa shape index (κ1) is 15.4. The van der Waals surface area contributed by atoms with E-state index in [1.165, 1.54) is 6.20 Å². The summed E-state index contributed by atoms with van der Waals surface area (Å²) in [6.07, 6.45) is 3.35. The Morgan fingerprint density at radius 1 is 1.43 bits per heavy atom. The van der Waals surface area contributed by atoms with Crippen LogP contribution in [0.5, 0.6) is 0 Å². The van der Waals surface area contributed by atoms with Gasteiger partial charge < -0.3 is 19.9 Å². The van der Waals surface area contributed by atoms with Crippen LogP contribution in [0.25, 0.3) is 0 Å². The molecule has 3 heterocycles. The molecular formula is C15H19N5O3. The van der Waals surface area contributed by atoms with Crippen LogP contribution < -0.4 is 5.73 Å². The van der Waals surface area contributed by atoms with Gasteiger partial charge in [-0.15, -0.1) is 0 Å². The predicted molar refractivity (Wildman–Crippen MR) is 81.7 cm³/mol. The SMILES string of the molecule is CCc1noc(C)c1C(=O)N1CCOC(c2nccnc2N)C1. The highest BCUT2D eigenvalue weighted by molar-refractivity contribution is 5.96. The van der Waals surface area contributed by atoms with Gasteiger partial charge in [0.15, 0.2) is 0 Å². The third-order valence-corrected chi connectivity index (χ3v) is 3.90. The van der Waals surface area contributed by atoms with Crippen molar-refractivity contribution >= 4 is 11.7 Å². The van der Waals surface area contributed by atoms with Gasteiger partial charge in [0, 0.05) is 18.9 Å². The molecule has 1 aliphatic heterocycles. The summed E-state index contributed by atoms with van der Waals surface area (Å²) < 4.78 is 10.9. The fourth-order valence-electron chi connectivity index (χ4n) is 2.70. The van der Waals surface area contributed by atoms with Gasteiger partial charge in [-0.3, -0.25) is 9.78 Å². The minimum absolute atomic E-state index is 0.101. The minimum Gasteiger partial charge on any atom is -0.382 e. The van der Waals surface area contributed by atoms with E-state index in [0.29, 0.717) is 54.6 Å². The molecule has 1 amide bonds. The average molecular weight is 317 g/mol. The molecule has 1 saturated heterocycles. The Bertz CT molecular complexity index is 715. The Labute approximate surface area is 133 Å². The molecule has 0 spiro atoms. The number of carbonyl (C=O) groups excluding carboxylic acids is 1. The van der Waals surface area contributed by atoms with Crippen molar-refractivity contribution in [2.45, 2.75) is 26.4 Å². The lowest BCUT2D eigenvalue weighted by Gasteiger charge is -2.32. The zero-order chi connectivity index (χ0) is 16.4. The average Bonchev–Trinajstić information content (AvgIpc) is 2.95. The Morgan fingerprint density at radius 3 is 2.96 bits per heavy atom. The normalized spacial score (nSPS) is 18.2. The van der Waals surface area contributed by atoms with E-state index in [2.05, 4.69) is 15.1 Å². The van der Waals surface area contributed by atoms with Crippen LogP contribution in [0.15, 0.2) is 16.9 Å². The van der Waals surface area contributed by atoms with Crippen LogP contribution in [0.1, 0.15) is 40.5 Å². The molecule has 2 aromatic rings. The van der Waals surface area contributed by atoms with E-state index in [9.17, 15) is 4.79 Å². The van der Waals surface area contributed by atoms with E-state index in [-0.39, 0.29) is 12.0 Å². The van der Waals surface area contributed by atoms with E-state index in [1.54, 1.807) is 18.0 Å². The maximum atomic E-state index is 12.8. The number of amides is 1. The number of nitrogens with two attached hydrogens (primary N) is 1. The number of hydrogen-bond donors (Lipinski definition) is 1. The second-order valence-corrected chi connectivity index (χ2v) is 5.35. The summed E-state index contributed by atoms with van der Waals surface area (Å²) in [6, 6.07) is 0. The predicted octanol–water partition coefficient (Wildman–Crippen LogP) is 1.13. The second kappa shape index (κ2) is 6.33. The van der Waals surface area contributed by atoms with E-state index in [4.69, 9.17) is 15.0 Å². The van der Waals surface area contributed by atoms with Crippen LogP contribution in [0, 0.1) is 6.92 Å². The number of rotatable bonds is 3. The van der Waals surface area contributed by atoms with Gasteiger partial charge in [-0.1, -0.05) is 12.1 Å². The number of ether oxygens (including phenoxy) is 1. The van der Waals surface area contributed by atoms with Crippen molar-refractivity contribution in [3.63, 3.8) is 0 Å². The molecule has 122 valence electrons. The highest BCUT2D eigenvalue weighted by atomic mass is 16.5. The van der Waals surface area contributed by atoms with E-state index < -0.39 is 0 Å². The first-order chi connectivity index (χ1) is 11.1. The number of carbonyl (C=O) groups is 1. The van der Waals surface area contributed by atoms with Crippen LogP contribution >= 0.6 is 0 Å². The number of morpholine rings is 1. The molecule has 1 atom stereocenters. The zero-order valence-electron chi connectivity index (χ0n) is 13.2. The second-order valence-electron chi connectivity index (χ2n) is 5.35. The summed E-state index contributed by atoms with van der Waals surface area (Å²) in [7, 11) is 0. The fraction of sp³-hybridized carbons (Fsp3) is 0.467. The molecule has 1 unspecified atom stereocenters. The summed E-state index contributed by atoms with van der Waals surface area (Å²) in [4.78, 5) is 22.8. The first-order valence-corrected chi connectivity index (χ1v) is 7.54. The van der Waals surface area contributed by atoms with Crippen molar-refractivity contribution in [1.29, 1.82) is 0 Å². The van der Waals surface area contributed by atoms with Gasteiger partial charge in [0.2, 0.25) is 0 Å². The number of anilines is 1. The molecule has 0 bridgehead atoms. The summed E-state index contributed by atoms with van der Waals surface area (Å²) in [5, 5.41) is 3.95. The number of hydrogen-bond acceptors (Lipinski definition) is 7. The smallest absolute Gasteiger partial charge is 0.259 e. The van der Waals surface area contributed by atoms with Gasteiger partial charge in [-0.05, 0) is 13.3 Å². The molecule has 8 heteroatoms. The quantitative estimate of drug-likeness (QED) is 0.904. The van der Waals surface area contributed by atoms with Crippen LogP contribution in [0.2, 0.25) is 0 Å². The van der Waals surface area contributed by atoms with Crippen LogP contribution in [0.4, 0.5) is 5.82 Å². The standard InChI is InChI=1S/C15H19N5O3/c1-3-10-12(9(2)23-19-10)15(21)20-6-7-22-11(8-20)13-14(16)18-5-4-17-13/h4-5,11H,3,6-8H2,1-2H3,(H2,16,18). The molecule has 1 fully saturated rings. The van der Waals surface area contributed by atoms with Gasteiger partial charge in [0.1, 0.15) is 28.9 Å². The van der Waals surface area contributed by atoms with Crippen molar-refractivity contribution in [2.24, 2.45) is 0 Å². The van der Waals surface area contributed by atoms with Gasteiger partial charge in [0.25, 0.3) is 5.91 Å². The van der Waals surface area contributed by atoms with E-state index in [1.807, 2.05) is 6.92 Å². The molecule has 0 aliphatic carbocycles. The van der Waals surface area contributed by atoms with Gasteiger partial charge in [-0.25, -0.2) is 4.98 Å². The van der Waals surface area contributed by atoms with Crippen LogP contribution in [0.3, 0.4) is 0 Å². The summed E-state index contributed by atoms with van der Waals surface area (Å²) >= 11 is 0. The number of aromatic nitrogens is 3. The molecule has 2 aromatic heterocycles. The minimum atomic E-state index is -0.383. The van der Waals surface area contributed by atoms with Crippen LogP contribution in [-0.2, 0) is 11.2 Å². The maximum Gasteiger partial charge on any atom is 0.259 e. The highest BCUT2D eigenvalue weighted by Gasteiger charge is 2.31. The lowest BCUT2D eigenvalue weighted by atomic mass is 10.1. The molecule has 0 aromatic carbocycles. The van der Waals surface area contributed by atoms with Crippen molar-refractivity contribution in [3.8, 4) is 0 Å². The zero-order valence-corrected chi connectivity index (χ0v) is 13.2. The largest absolute Gasteiger partial charge is 0.382 e. The highest BCUT2D eigenvalue weighted by Crippen LogP contribution is 2.26. The molecule has 23 heavy (non-hydrogen) atoms. The Kier molecular flexibility index (Phi) is 4.24. The van der Waals surface area contributed by atoms with Gasteiger partial charge in [-0.2, -0.15) is 0 Å². The Balaban J connectivity index is 1.82. The molecule has 0 radical (unpaired) electrons. The van der Waals surface area contributed by atoms with Crippen molar-refractivity contribution < 1.29 is 14.1 Å². The lowest BCUT2D eigenvalue weighted by Crippen LogP contribution is -2.43. The summed E-state index contributed by atoms with van der Waals surface area (Å²) in [6.45, 7) is 4.98. The monoisotopic (exact) mass is 317 g/mol. The van der Waals surface area contributed by atoms with Gasteiger partial charge >= 0.3 is 0 Å². The molecular weight excluding hydrogens is 298 g/mol. The van der Waals surface area contributed by atoms with Crippen LogP contribution in [-0.4, -0.2) is 45.6 Å². The maximum absolute atomic E-state index is 12.8. The van der Waals surface area contributed by atoms with Crippen molar-refractivity contribution in [3.05, 3.63) is 35.1 Å². The Morgan fingerprint density at radius 2 is 2.22 bits per heavy atom. The number of aryl methyl sites for hydroxylation is 2. The number of nitrogens with zero attached hydrogens (tertiary/aromatic N) is 4. The van der Waals surface area contributed by atoms with Crippen molar-refractivity contribution in [2.75, 3.05) is 25.4 Å². The van der Waals surface area contributed by atoms with E-state index in [0.717, 1.165) is 0 Å². The lowest BCUT2D eigenvalue weighted by molar-refractivity contribution is -0.0245. The molecule has 1 aliphatic rings. The van der Waals surface area contributed by atoms with E-state index >= 15 is 0 Å². The topological polar surface area (TPSA) is 107 Å². The summed E-state index contributed by atoms with van der Waals surface area (Å²) in [5.74, 6) is 0.757. The Hall–Kier alpha value is -2.48. The first-order valence-electron chi connectivity index (χ1n) is 7.54. The van der Waals surface area contributed by atoms with Gasteiger partial charge in [0.05, 0.1) is 18.8 Å². The fourth-order valence-corrected chi connectivity index (χ4v) is 2.70. The molecule has 0 saturated carbocycles. The third-order valence-electron chi connectivity index (χ3n) is 3.90. The third kappa shape index (κ3) is 2.89. The number of nitrogen functional groups attached to an aromatic ring is 1. The van der Waals surface area contributed by atoms with Crippen molar-refractivity contribution in [1.82, 2.24) is 20.0 Å². The molecule has 2 N–H and O–H groups in total. The summed E-state index contributed by atoms with van der Waals surface area (Å²) in [5.41, 5.74) is 7.63. The molecule has 8 nitrogen and oxygen atoms in total.